The van der Waals surface area contributed by atoms with Crippen LogP contribution in [0.15, 0.2) is 18.2 Å². The van der Waals surface area contributed by atoms with Gasteiger partial charge in [-0.1, -0.05) is 50.8 Å². The van der Waals surface area contributed by atoms with E-state index in [4.69, 9.17) is 0 Å². The predicted molar refractivity (Wildman–Crippen MR) is 88.1 cm³/mol. The second-order valence-corrected chi connectivity index (χ2v) is 6.49. The van der Waals surface area contributed by atoms with Gasteiger partial charge in [-0.15, -0.1) is 0 Å². The molecule has 0 bridgehead atoms. The highest BCUT2D eigenvalue weighted by Crippen LogP contribution is 2.36. The van der Waals surface area contributed by atoms with Crippen LogP contribution >= 0.6 is 0 Å². The van der Waals surface area contributed by atoms with Gasteiger partial charge in [0.15, 0.2) is 0 Å². The second kappa shape index (κ2) is 7.83. The van der Waals surface area contributed by atoms with Crippen LogP contribution in [-0.2, 0) is 0 Å². The molecule has 20 heavy (non-hydrogen) atoms. The molecule has 0 aliphatic heterocycles. The second-order valence-electron chi connectivity index (χ2n) is 6.49. The maximum absolute atomic E-state index is 3.86. The lowest BCUT2D eigenvalue weighted by Gasteiger charge is -2.30. The van der Waals surface area contributed by atoms with Gasteiger partial charge in [-0.25, -0.2) is 0 Å². The lowest BCUT2D eigenvalue weighted by atomic mass is 9.83. The average molecular weight is 273 g/mol. The van der Waals surface area contributed by atoms with Crippen molar-refractivity contribution in [2.75, 3.05) is 6.54 Å². The zero-order chi connectivity index (χ0) is 14.4. The van der Waals surface area contributed by atoms with E-state index in [9.17, 15) is 0 Å². The third-order valence-electron chi connectivity index (χ3n) is 4.84. The summed E-state index contributed by atoms with van der Waals surface area (Å²) < 4.78 is 0. The fraction of sp³-hybridized carbons (Fsp3) is 0.684. The Kier molecular flexibility index (Phi) is 6.09. The van der Waals surface area contributed by atoms with Crippen molar-refractivity contribution in [3.05, 3.63) is 34.9 Å². The van der Waals surface area contributed by atoms with Crippen LogP contribution < -0.4 is 5.32 Å². The molecule has 0 aromatic heterocycles. The molecule has 1 fully saturated rings. The molecule has 1 atom stereocenters. The van der Waals surface area contributed by atoms with Crippen LogP contribution in [0.4, 0.5) is 0 Å². The molecule has 0 amide bonds. The summed E-state index contributed by atoms with van der Waals surface area (Å²) in [4.78, 5) is 0. The van der Waals surface area contributed by atoms with Crippen molar-refractivity contribution in [2.24, 2.45) is 5.92 Å². The van der Waals surface area contributed by atoms with Gasteiger partial charge in [-0.2, -0.15) is 0 Å². The molecule has 2 rings (SSSR count). The molecule has 1 aromatic carbocycles. The monoisotopic (exact) mass is 273 g/mol. The standard InChI is InChI=1S/C19H31N/c1-4-14-20-19(17-12-7-5-6-8-13-17)18-15(2)10-9-11-16(18)3/h9-11,17,19-20H,4-8,12-14H2,1-3H3. The van der Waals surface area contributed by atoms with Crippen LogP contribution in [0.3, 0.4) is 0 Å². The summed E-state index contributed by atoms with van der Waals surface area (Å²) in [5.41, 5.74) is 4.50. The van der Waals surface area contributed by atoms with Crippen molar-refractivity contribution in [1.82, 2.24) is 5.32 Å². The summed E-state index contributed by atoms with van der Waals surface area (Å²) in [6.45, 7) is 7.95. The van der Waals surface area contributed by atoms with Crippen molar-refractivity contribution >= 4 is 0 Å². The van der Waals surface area contributed by atoms with Gasteiger partial charge in [-0.3, -0.25) is 0 Å². The highest BCUT2D eigenvalue weighted by atomic mass is 14.9. The largest absolute Gasteiger partial charge is 0.310 e. The molecule has 1 heteroatoms. The van der Waals surface area contributed by atoms with Crippen LogP contribution in [0.2, 0.25) is 0 Å². The van der Waals surface area contributed by atoms with Crippen LogP contribution in [0, 0.1) is 19.8 Å². The Morgan fingerprint density at radius 3 is 2.20 bits per heavy atom. The van der Waals surface area contributed by atoms with Crippen molar-refractivity contribution in [3.8, 4) is 0 Å². The molecule has 1 saturated carbocycles. The van der Waals surface area contributed by atoms with Crippen molar-refractivity contribution in [3.63, 3.8) is 0 Å². The summed E-state index contributed by atoms with van der Waals surface area (Å²) >= 11 is 0. The average Bonchev–Trinajstić information content (AvgIpc) is 2.71. The molecular formula is C19H31N. The molecule has 112 valence electrons. The Balaban J connectivity index is 2.25. The highest BCUT2D eigenvalue weighted by molar-refractivity contribution is 5.36. The highest BCUT2D eigenvalue weighted by Gasteiger charge is 2.25. The van der Waals surface area contributed by atoms with E-state index in [1.165, 1.54) is 56.1 Å². The summed E-state index contributed by atoms with van der Waals surface area (Å²) in [6, 6.07) is 7.31. The first-order valence-corrected chi connectivity index (χ1v) is 8.53. The van der Waals surface area contributed by atoms with Crippen molar-refractivity contribution in [1.29, 1.82) is 0 Å². The van der Waals surface area contributed by atoms with Gasteiger partial charge in [0.05, 0.1) is 0 Å². The molecule has 0 saturated heterocycles. The first kappa shape index (κ1) is 15.6. The molecule has 1 aromatic rings. The van der Waals surface area contributed by atoms with E-state index >= 15 is 0 Å². The molecule has 1 aliphatic carbocycles. The molecule has 0 heterocycles. The number of aryl methyl sites for hydroxylation is 2. The normalized spacial score (nSPS) is 18.8. The number of rotatable bonds is 5. The van der Waals surface area contributed by atoms with E-state index in [-0.39, 0.29) is 0 Å². The van der Waals surface area contributed by atoms with Gasteiger partial charge in [0.1, 0.15) is 0 Å². The topological polar surface area (TPSA) is 12.0 Å². The summed E-state index contributed by atoms with van der Waals surface area (Å²) in [5, 5.41) is 3.86. The van der Waals surface area contributed by atoms with Crippen LogP contribution in [0.1, 0.15) is 74.6 Å². The molecule has 1 aliphatic rings. The molecule has 1 unspecified atom stereocenters. The van der Waals surface area contributed by atoms with Gasteiger partial charge in [-0.05, 0) is 62.3 Å². The minimum atomic E-state index is 0.564. The van der Waals surface area contributed by atoms with Gasteiger partial charge in [0.25, 0.3) is 0 Å². The number of benzene rings is 1. The number of hydrogen-bond acceptors (Lipinski definition) is 1. The van der Waals surface area contributed by atoms with Gasteiger partial charge in [0.2, 0.25) is 0 Å². The van der Waals surface area contributed by atoms with Crippen molar-refractivity contribution in [2.45, 2.75) is 71.8 Å². The Morgan fingerprint density at radius 1 is 1.05 bits per heavy atom. The Hall–Kier alpha value is -0.820. The minimum absolute atomic E-state index is 0.564. The molecule has 0 spiro atoms. The summed E-state index contributed by atoms with van der Waals surface area (Å²) in [7, 11) is 0. The number of nitrogens with one attached hydrogen (secondary N) is 1. The third kappa shape index (κ3) is 3.85. The third-order valence-corrected chi connectivity index (χ3v) is 4.84. The van der Waals surface area contributed by atoms with E-state index in [0.717, 1.165) is 12.5 Å². The Morgan fingerprint density at radius 2 is 1.65 bits per heavy atom. The van der Waals surface area contributed by atoms with Gasteiger partial charge in [0, 0.05) is 6.04 Å². The SMILES string of the molecule is CCCNC(c1c(C)cccc1C)C1CCCCCC1. The summed E-state index contributed by atoms with van der Waals surface area (Å²) in [6.07, 6.45) is 9.71. The minimum Gasteiger partial charge on any atom is -0.310 e. The summed E-state index contributed by atoms with van der Waals surface area (Å²) in [5.74, 6) is 0.823. The molecular weight excluding hydrogens is 242 g/mol. The molecule has 0 radical (unpaired) electrons. The fourth-order valence-electron chi connectivity index (χ4n) is 3.77. The van der Waals surface area contributed by atoms with Crippen LogP contribution in [0.5, 0.6) is 0 Å². The first-order chi connectivity index (χ1) is 9.74. The lowest BCUT2D eigenvalue weighted by molar-refractivity contribution is 0.324. The van der Waals surface area contributed by atoms with E-state index in [1.54, 1.807) is 5.56 Å². The predicted octanol–water partition coefficient (Wildman–Crippen LogP) is 5.31. The van der Waals surface area contributed by atoms with Crippen LogP contribution in [0.25, 0.3) is 0 Å². The van der Waals surface area contributed by atoms with Crippen LogP contribution in [-0.4, -0.2) is 6.54 Å². The number of hydrogen-bond donors (Lipinski definition) is 1. The first-order valence-electron chi connectivity index (χ1n) is 8.53. The van der Waals surface area contributed by atoms with Crippen molar-refractivity contribution < 1.29 is 0 Å². The lowest BCUT2D eigenvalue weighted by Crippen LogP contribution is -2.30. The molecule has 1 nitrogen and oxygen atoms in total. The Labute approximate surface area is 125 Å². The van der Waals surface area contributed by atoms with E-state index in [0.29, 0.717) is 6.04 Å². The zero-order valence-electron chi connectivity index (χ0n) is 13.5. The maximum Gasteiger partial charge on any atom is 0.0353 e. The smallest absolute Gasteiger partial charge is 0.0353 e. The fourth-order valence-corrected chi connectivity index (χ4v) is 3.77. The van der Waals surface area contributed by atoms with Gasteiger partial charge < -0.3 is 5.32 Å². The van der Waals surface area contributed by atoms with Gasteiger partial charge >= 0.3 is 0 Å². The quantitative estimate of drug-likeness (QED) is 0.716. The van der Waals surface area contributed by atoms with E-state index in [1.807, 2.05) is 0 Å². The molecule has 1 N–H and O–H groups in total. The Bertz CT molecular complexity index is 382. The zero-order valence-corrected chi connectivity index (χ0v) is 13.5. The van der Waals surface area contributed by atoms with E-state index < -0.39 is 0 Å². The maximum atomic E-state index is 3.86. The van der Waals surface area contributed by atoms with E-state index in [2.05, 4.69) is 44.3 Å².